The van der Waals surface area contributed by atoms with Crippen LogP contribution in [0.5, 0.6) is 0 Å². The molecule has 0 amide bonds. The van der Waals surface area contributed by atoms with Crippen molar-refractivity contribution in [3.05, 3.63) is 42.0 Å². The number of hydrogen-bond acceptors (Lipinski definition) is 2. The van der Waals surface area contributed by atoms with E-state index < -0.39 is 0 Å². The molecule has 0 aliphatic heterocycles. The Bertz CT molecular complexity index is 445. The molecule has 2 rings (SSSR count). The van der Waals surface area contributed by atoms with Crippen LogP contribution in [0.25, 0.3) is 0 Å². The fraction of sp³-hybridized carbons (Fsp3) is 0.438. The Kier molecular flexibility index (Phi) is 4.28. The van der Waals surface area contributed by atoms with Crippen LogP contribution in [-0.4, -0.2) is 11.5 Å². The summed E-state index contributed by atoms with van der Waals surface area (Å²) < 4.78 is 0. The van der Waals surface area contributed by atoms with Crippen LogP contribution >= 0.6 is 11.8 Å². The molecule has 1 aromatic rings. The number of thioether (sulfide) groups is 1. The minimum atomic E-state index is 0.151. The SMILES string of the molecule is CC1(C)CC(=O)C=C(CCSc2ccccc2)C1. The Hall–Kier alpha value is -1.02. The van der Waals surface area contributed by atoms with E-state index in [0.29, 0.717) is 12.2 Å². The maximum atomic E-state index is 11.6. The first-order chi connectivity index (χ1) is 8.55. The zero-order chi connectivity index (χ0) is 13.0. The molecule has 0 atom stereocenters. The molecular weight excluding hydrogens is 240 g/mol. The molecule has 0 unspecified atom stereocenters. The van der Waals surface area contributed by atoms with Crippen molar-refractivity contribution >= 4 is 17.5 Å². The third-order valence-electron chi connectivity index (χ3n) is 3.16. The Morgan fingerprint density at radius 1 is 1.17 bits per heavy atom. The average molecular weight is 260 g/mol. The number of benzene rings is 1. The van der Waals surface area contributed by atoms with Crippen LogP contribution in [0.4, 0.5) is 0 Å². The topological polar surface area (TPSA) is 17.1 Å². The standard InChI is InChI=1S/C16H20OS/c1-16(2)11-13(10-14(17)12-16)8-9-18-15-6-4-3-5-7-15/h3-7,10H,8-9,11-12H2,1-2H3. The fourth-order valence-corrected chi connectivity index (χ4v) is 3.41. The summed E-state index contributed by atoms with van der Waals surface area (Å²) in [7, 11) is 0. The number of allylic oxidation sites excluding steroid dienone is 2. The largest absolute Gasteiger partial charge is 0.295 e. The van der Waals surface area contributed by atoms with Gasteiger partial charge in [0.15, 0.2) is 5.78 Å². The molecule has 0 saturated carbocycles. The minimum Gasteiger partial charge on any atom is -0.295 e. The van der Waals surface area contributed by atoms with Crippen molar-refractivity contribution in [1.29, 1.82) is 0 Å². The molecule has 0 fully saturated rings. The molecular formula is C16H20OS. The third-order valence-corrected chi connectivity index (χ3v) is 4.17. The van der Waals surface area contributed by atoms with Crippen LogP contribution in [-0.2, 0) is 4.79 Å². The first-order valence-corrected chi connectivity index (χ1v) is 7.44. The van der Waals surface area contributed by atoms with Crippen molar-refractivity contribution in [3.63, 3.8) is 0 Å². The monoisotopic (exact) mass is 260 g/mol. The summed E-state index contributed by atoms with van der Waals surface area (Å²) in [4.78, 5) is 12.9. The Labute approximate surface area is 114 Å². The molecule has 2 heteroatoms. The van der Waals surface area contributed by atoms with Crippen molar-refractivity contribution < 1.29 is 4.79 Å². The quantitative estimate of drug-likeness (QED) is 0.742. The number of carbonyl (C=O) groups excluding carboxylic acids is 1. The van der Waals surface area contributed by atoms with Gasteiger partial charge < -0.3 is 0 Å². The zero-order valence-corrected chi connectivity index (χ0v) is 11.9. The van der Waals surface area contributed by atoms with Gasteiger partial charge in [0.1, 0.15) is 0 Å². The summed E-state index contributed by atoms with van der Waals surface area (Å²) in [5.74, 6) is 1.35. The van der Waals surface area contributed by atoms with Gasteiger partial charge in [0, 0.05) is 17.1 Å². The van der Waals surface area contributed by atoms with Gasteiger partial charge >= 0.3 is 0 Å². The molecule has 0 aromatic heterocycles. The number of rotatable bonds is 4. The molecule has 1 aliphatic rings. The average Bonchev–Trinajstić information content (AvgIpc) is 2.27. The first-order valence-electron chi connectivity index (χ1n) is 6.45. The summed E-state index contributed by atoms with van der Waals surface area (Å²) in [6.45, 7) is 4.37. The summed E-state index contributed by atoms with van der Waals surface area (Å²) in [5, 5.41) is 0. The van der Waals surface area contributed by atoms with E-state index in [1.807, 2.05) is 23.9 Å². The third kappa shape index (κ3) is 4.02. The van der Waals surface area contributed by atoms with Crippen LogP contribution in [0.1, 0.15) is 33.1 Å². The highest BCUT2D eigenvalue weighted by atomic mass is 32.2. The molecule has 1 aromatic carbocycles. The van der Waals surface area contributed by atoms with Gasteiger partial charge in [0.05, 0.1) is 0 Å². The van der Waals surface area contributed by atoms with Gasteiger partial charge in [-0.15, -0.1) is 11.8 Å². The Morgan fingerprint density at radius 2 is 1.89 bits per heavy atom. The van der Waals surface area contributed by atoms with Crippen LogP contribution < -0.4 is 0 Å². The maximum absolute atomic E-state index is 11.6. The summed E-state index contributed by atoms with van der Waals surface area (Å²) in [6, 6.07) is 10.4. The minimum absolute atomic E-state index is 0.151. The molecule has 0 N–H and O–H groups in total. The lowest BCUT2D eigenvalue weighted by atomic mass is 9.76. The van der Waals surface area contributed by atoms with Gasteiger partial charge in [-0.2, -0.15) is 0 Å². The second kappa shape index (κ2) is 5.75. The number of carbonyl (C=O) groups is 1. The number of hydrogen-bond donors (Lipinski definition) is 0. The highest BCUT2D eigenvalue weighted by molar-refractivity contribution is 7.99. The Morgan fingerprint density at radius 3 is 2.56 bits per heavy atom. The van der Waals surface area contributed by atoms with Crippen LogP contribution in [0, 0.1) is 5.41 Å². The predicted octanol–water partition coefficient (Wildman–Crippen LogP) is 4.48. The fourth-order valence-electron chi connectivity index (χ4n) is 2.46. The van der Waals surface area contributed by atoms with E-state index in [2.05, 4.69) is 38.1 Å². The first kappa shape index (κ1) is 13.4. The van der Waals surface area contributed by atoms with Crippen molar-refractivity contribution in [2.24, 2.45) is 5.41 Å². The van der Waals surface area contributed by atoms with Gasteiger partial charge in [-0.05, 0) is 36.5 Å². The second-order valence-corrected chi connectivity index (χ2v) is 6.87. The molecule has 18 heavy (non-hydrogen) atoms. The van der Waals surface area contributed by atoms with Gasteiger partial charge in [-0.3, -0.25) is 4.79 Å². The second-order valence-electron chi connectivity index (χ2n) is 5.70. The van der Waals surface area contributed by atoms with Crippen molar-refractivity contribution in [1.82, 2.24) is 0 Å². The molecule has 0 radical (unpaired) electrons. The molecule has 0 spiro atoms. The molecule has 1 nitrogen and oxygen atoms in total. The lowest BCUT2D eigenvalue weighted by molar-refractivity contribution is -0.117. The molecule has 96 valence electrons. The van der Waals surface area contributed by atoms with E-state index in [-0.39, 0.29) is 5.41 Å². The molecule has 0 saturated heterocycles. The predicted molar refractivity (Wildman–Crippen MR) is 77.9 cm³/mol. The van der Waals surface area contributed by atoms with Gasteiger partial charge in [-0.25, -0.2) is 0 Å². The summed E-state index contributed by atoms with van der Waals surface area (Å²) >= 11 is 1.86. The summed E-state index contributed by atoms with van der Waals surface area (Å²) in [5.41, 5.74) is 1.47. The van der Waals surface area contributed by atoms with E-state index in [1.54, 1.807) is 0 Å². The van der Waals surface area contributed by atoms with E-state index in [9.17, 15) is 4.79 Å². The smallest absolute Gasteiger partial charge is 0.156 e. The molecule has 1 aliphatic carbocycles. The van der Waals surface area contributed by atoms with Crippen molar-refractivity contribution in [3.8, 4) is 0 Å². The van der Waals surface area contributed by atoms with E-state index >= 15 is 0 Å². The lowest BCUT2D eigenvalue weighted by Crippen LogP contribution is -2.21. The Balaban J connectivity index is 1.85. The normalized spacial score (nSPS) is 18.6. The van der Waals surface area contributed by atoms with E-state index in [4.69, 9.17) is 0 Å². The van der Waals surface area contributed by atoms with Crippen LogP contribution in [0.3, 0.4) is 0 Å². The van der Waals surface area contributed by atoms with E-state index in [1.165, 1.54) is 10.5 Å². The zero-order valence-electron chi connectivity index (χ0n) is 11.1. The van der Waals surface area contributed by atoms with Crippen molar-refractivity contribution in [2.45, 2.75) is 38.0 Å². The highest BCUT2D eigenvalue weighted by Gasteiger charge is 2.26. The van der Waals surface area contributed by atoms with Crippen LogP contribution in [0.2, 0.25) is 0 Å². The van der Waals surface area contributed by atoms with Crippen LogP contribution in [0.15, 0.2) is 46.9 Å². The van der Waals surface area contributed by atoms with Crippen molar-refractivity contribution in [2.75, 3.05) is 5.75 Å². The van der Waals surface area contributed by atoms with Gasteiger partial charge in [0.25, 0.3) is 0 Å². The lowest BCUT2D eigenvalue weighted by Gasteiger charge is -2.28. The van der Waals surface area contributed by atoms with Gasteiger partial charge in [0.2, 0.25) is 0 Å². The molecule has 0 heterocycles. The molecule has 0 bridgehead atoms. The summed E-state index contributed by atoms with van der Waals surface area (Å²) in [6.07, 6.45) is 4.65. The van der Waals surface area contributed by atoms with E-state index in [0.717, 1.165) is 18.6 Å². The maximum Gasteiger partial charge on any atom is 0.156 e. The number of ketones is 1. The van der Waals surface area contributed by atoms with Gasteiger partial charge in [-0.1, -0.05) is 37.6 Å². The highest BCUT2D eigenvalue weighted by Crippen LogP contribution is 2.35.